The molecule has 112 valence electrons. The van der Waals surface area contributed by atoms with Crippen LogP contribution in [0.2, 0.25) is 0 Å². The molecule has 0 radical (unpaired) electrons. The summed E-state index contributed by atoms with van der Waals surface area (Å²) in [6, 6.07) is 6.92. The normalized spacial score (nSPS) is 15.1. The van der Waals surface area contributed by atoms with Crippen LogP contribution in [0.3, 0.4) is 0 Å². The summed E-state index contributed by atoms with van der Waals surface area (Å²) in [5, 5.41) is 3.31. The van der Waals surface area contributed by atoms with Gasteiger partial charge < -0.3 is 10.2 Å². The van der Waals surface area contributed by atoms with Crippen molar-refractivity contribution in [2.45, 2.75) is 26.2 Å². The minimum Gasteiger partial charge on any atom is -0.357 e. The molecule has 1 aromatic rings. The van der Waals surface area contributed by atoms with E-state index >= 15 is 0 Å². The number of hydrogen-bond donors (Lipinski definition) is 1. The predicted molar refractivity (Wildman–Crippen MR) is 92.3 cm³/mol. The number of hydrogen-bond acceptors (Lipinski definition) is 1. The molecule has 0 aromatic heterocycles. The van der Waals surface area contributed by atoms with Gasteiger partial charge in [0, 0.05) is 26.2 Å². The Morgan fingerprint density at radius 1 is 1.30 bits per heavy atom. The van der Waals surface area contributed by atoms with Gasteiger partial charge in [-0.3, -0.25) is 4.99 Å². The van der Waals surface area contributed by atoms with E-state index in [9.17, 15) is 4.39 Å². The van der Waals surface area contributed by atoms with Gasteiger partial charge in [-0.25, -0.2) is 4.39 Å². The van der Waals surface area contributed by atoms with E-state index in [0.717, 1.165) is 31.2 Å². The Morgan fingerprint density at radius 3 is 2.65 bits per heavy atom. The van der Waals surface area contributed by atoms with Gasteiger partial charge in [0.15, 0.2) is 5.96 Å². The van der Waals surface area contributed by atoms with Gasteiger partial charge in [0.05, 0.1) is 0 Å². The fourth-order valence-electron chi connectivity index (χ4n) is 2.34. The number of halogens is 2. The van der Waals surface area contributed by atoms with Crippen LogP contribution in [-0.2, 0) is 6.42 Å². The van der Waals surface area contributed by atoms with Crippen molar-refractivity contribution in [2.75, 3.05) is 26.2 Å². The van der Waals surface area contributed by atoms with Gasteiger partial charge in [-0.1, -0.05) is 18.2 Å². The first-order chi connectivity index (χ1) is 9.31. The summed E-state index contributed by atoms with van der Waals surface area (Å²) in [7, 11) is 0. The summed E-state index contributed by atoms with van der Waals surface area (Å²) in [5.74, 6) is 0.834. The molecular weight excluding hydrogens is 368 g/mol. The predicted octanol–water partition coefficient (Wildman–Crippen LogP) is 3.05. The molecule has 0 atom stereocenters. The molecular formula is C15H23FIN3. The van der Waals surface area contributed by atoms with E-state index in [4.69, 9.17) is 0 Å². The van der Waals surface area contributed by atoms with Crippen LogP contribution < -0.4 is 5.32 Å². The van der Waals surface area contributed by atoms with E-state index in [1.807, 2.05) is 12.1 Å². The van der Waals surface area contributed by atoms with Gasteiger partial charge in [0.25, 0.3) is 0 Å². The number of likely N-dealkylation sites (tertiary alicyclic amines) is 1. The smallest absolute Gasteiger partial charge is 0.193 e. The van der Waals surface area contributed by atoms with Gasteiger partial charge in [-0.2, -0.15) is 0 Å². The van der Waals surface area contributed by atoms with Gasteiger partial charge in [-0.15, -0.1) is 24.0 Å². The highest BCUT2D eigenvalue weighted by Crippen LogP contribution is 2.09. The molecule has 0 spiro atoms. The van der Waals surface area contributed by atoms with Crippen LogP contribution in [-0.4, -0.2) is 37.0 Å². The van der Waals surface area contributed by atoms with E-state index in [2.05, 4.69) is 22.1 Å². The summed E-state index contributed by atoms with van der Waals surface area (Å²) >= 11 is 0. The topological polar surface area (TPSA) is 27.6 Å². The van der Waals surface area contributed by atoms with Crippen molar-refractivity contribution in [1.82, 2.24) is 10.2 Å². The Balaban J connectivity index is 0.00000200. The van der Waals surface area contributed by atoms with Crippen molar-refractivity contribution in [2.24, 2.45) is 4.99 Å². The maximum Gasteiger partial charge on any atom is 0.193 e. The monoisotopic (exact) mass is 391 g/mol. The van der Waals surface area contributed by atoms with Gasteiger partial charge in [0.1, 0.15) is 5.82 Å². The van der Waals surface area contributed by atoms with Crippen molar-refractivity contribution in [3.8, 4) is 0 Å². The first-order valence-corrected chi connectivity index (χ1v) is 7.08. The van der Waals surface area contributed by atoms with Gasteiger partial charge in [-0.05, 0) is 37.8 Å². The third-order valence-electron chi connectivity index (χ3n) is 3.34. The maximum absolute atomic E-state index is 13.5. The summed E-state index contributed by atoms with van der Waals surface area (Å²) in [6.45, 7) is 5.72. The number of nitrogens with zero attached hydrogens (tertiary/aromatic N) is 2. The van der Waals surface area contributed by atoms with E-state index in [1.165, 1.54) is 18.9 Å². The summed E-state index contributed by atoms with van der Waals surface area (Å²) < 4.78 is 13.5. The molecule has 0 aliphatic carbocycles. The van der Waals surface area contributed by atoms with Crippen molar-refractivity contribution in [3.05, 3.63) is 35.6 Å². The zero-order chi connectivity index (χ0) is 13.5. The molecule has 1 fully saturated rings. The lowest BCUT2D eigenvalue weighted by Gasteiger charge is -2.20. The minimum atomic E-state index is -0.135. The molecule has 0 bridgehead atoms. The first-order valence-electron chi connectivity index (χ1n) is 7.08. The molecule has 3 nitrogen and oxygen atoms in total. The molecule has 0 unspecified atom stereocenters. The third kappa shape index (κ3) is 4.92. The Morgan fingerprint density at radius 2 is 2.00 bits per heavy atom. The fourth-order valence-corrected chi connectivity index (χ4v) is 2.34. The number of nitrogens with one attached hydrogen (secondary N) is 1. The number of guanidine groups is 1. The lowest BCUT2D eigenvalue weighted by molar-refractivity contribution is 0.493. The second-order valence-electron chi connectivity index (χ2n) is 4.77. The zero-order valence-corrected chi connectivity index (χ0v) is 14.3. The second-order valence-corrected chi connectivity index (χ2v) is 4.77. The summed E-state index contributed by atoms with van der Waals surface area (Å²) in [6.07, 6.45) is 3.12. The molecule has 5 heteroatoms. The van der Waals surface area contributed by atoms with E-state index < -0.39 is 0 Å². The van der Waals surface area contributed by atoms with Crippen molar-refractivity contribution < 1.29 is 4.39 Å². The Bertz CT molecular complexity index is 431. The standard InChI is InChI=1S/C15H22FN3.HI/c1-2-17-15(19-11-5-6-12-19)18-10-9-13-7-3-4-8-14(13)16;/h3-4,7-8H,2,5-6,9-12H2,1H3,(H,17,18);1H. The van der Waals surface area contributed by atoms with Crippen molar-refractivity contribution in [3.63, 3.8) is 0 Å². The lowest BCUT2D eigenvalue weighted by atomic mass is 10.1. The maximum atomic E-state index is 13.5. The second kappa shape index (κ2) is 9.15. The minimum absolute atomic E-state index is 0. The average Bonchev–Trinajstić information content (AvgIpc) is 2.94. The largest absolute Gasteiger partial charge is 0.357 e. The molecule has 1 N–H and O–H groups in total. The van der Waals surface area contributed by atoms with E-state index in [-0.39, 0.29) is 29.8 Å². The molecule has 1 saturated heterocycles. The molecule has 1 aromatic carbocycles. The lowest BCUT2D eigenvalue weighted by Crippen LogP contribution is -2.39. The van der Waals surface area contributed by atoms with Crippen LogP contribution >= 0.6 is 24.0 Å². The van der Waals surface area contributed by atoms with E-state index in [0.29, 0.717) is 13.0 Å². The zero-order valence-electron chi connectivity index (χ0n) is 11.9. The SMILES string of the molecule is CCNC(=NCCc1ccccc1F)N1CCCC1.I. The highest BCUT2D eigenvalue weighted by Gasteiger charge is 2.15. The molecule has 2 rings (SSSR count). The summed E-state index contributed by atoms with van der Waals surface area (Å²) in [5.41, 5.74) is 0.739. The van der Waals surface area contributed by atoms with Crippen LogP contribution in [0.15, 0.2) is 29.3 Å². The van der Waals surface area contributed by atoms with Crippen LogP contribution in [0.5, 0.6) is 0 Å². The van der Waals surface area contributed by atoms with Crippen LogP contribution in [0, 0.1) is 5.82 Å². The average molecular weight is 391 g/mol. The van der Waals surface area contributed by atoms with Crippen molar-refractivity contribution in [1.29, 1.82) is 0 Å². The number of benzene rings is 1. The first kappa shape index (κ1) is 17.2. The van der Waals surface area contributed by atoms with Gasteiger partial charge in [0.2, 0.25) is 0 Å². The molecule has 0 saturated carbocycles. The molecule has 1 aliphatic rings. The molecule has 0 amide bonds. The highest BCUT2D eigenvalue weighted by atomic mass is 127. The van der Waals surface area contributed by atoms with Crippen LogP contribution in [0.4, 0.5) is 4.39 Å². The molecule has 1 aliphatic heterocycles. The van der Waals surface area contributed by atoms with Crippen LogP contribution in [0.25, 0.3) is 0 Å². The quantitative estimate of drug-likeness (QED) is 0.486. The number of aliphatic imine (C=N–C) groups is 1. The van der Waals surface area contributed by atoms with E-state index in [1.54, 1.807) is 6.07 Å². The Kier molecular flexibility index (Phi) is 7.87. The molecule has 1 heterocycles. The van der Waals surface area contributed by atoms with Gasteiger partial charge >= 0.3 is 0 Å². The fraction of sp³-hybridized carbons (Fsp3) is 0.533. The molecule has 20 heavy (non-hydrogen) atoms. The van der Waals surface area contributed by atoms with Crippen molar-refractivity contribution >= 4 is 29.9 Å². The Hall–Kier alpha value is -0.850. The Labute approximate surface area is 137 Å². The van der Waals surface area contributed by atoms with Crippen LogP contribution in [0.1, 0.15) is 25.3 Å². The summed E-state index contributed by atoms with van der Waals surface area (Å²) in [4.78, 5) is 6.88. The third-order valence-corrected chi connectivity index (χ3v) is 3.34. The highest BCUT2D eigenvalue weighted by molar-refractivity contribution is 14.0. The number of rotatable bonds is 4.